The lowest BCUT2D eigenvalue weighted by molar-refractivity contribution is -0.123. The number of primary amides is 1. The van der Waals surface area contributed by atoms with E-state index in [1.165, 1.54) is 0 Å². The maximum absolute atomic E-state index is 11.8. The molecule has 92 valence electrons. The number of amides is 1. The molecule has 1 saturated carbocycles. The van der Waals surface area contributed by atoms with Gasteiger partial charge in [-0.3, -0.25) is 4.79 Å². The molecule has 0 radical (unpaired) electrons. The predicted octanol–water partition coefficient (Wildman–Crippen LogP) is 2.45. The van der Waals surface area contributed by atoms with Gasteiger partial charge < -0.3 is 11.1 Å². The number of nitrogens with one attached hydrogen (secondary N) is 1. The van der Waals surface area contributed by atoms with Gasteiger partial charge in [0.1, 0.15) is 5.54 Å². The number of aryl methyl sites for hydroxylation is 1. The van der Waals surface area contributed by atoms with Gasteiger partial charge in [-0.05, 0) is 43.7 Å². The van der Waals surface area contributed by atoms with Crippen molar-refractivity contribution in [3.8, 4) is 0 Å². The maximum Gasteiger partial charge on any atom is 0.243 e. The van der Waals surface area contributed by atoms with Crippen LogP contribution in [0.4, 0.5) is 5.69 Å². The Balaban J connectivity index is 2.30. The van der Waals surface area contributed by atoms with Gasteiger partial charge in [0.25, 0.3) is 0 Å². The van der Waals surface area contributed by atoms with E-state index in [0.29, 0.717) is 5.92 Å². The second kappa shape index (κ2) is 4.40. The normalized spacial score (nSPS) is 18.5. The van der Waals surface area contributed by atoms with Crippen molar-refractivity contribution in [2.75, 3.05) is 5.32 Å². The van der Waals surface area contributed by atoms with Gasteiger partial charge in [0.15, 0.2) is 0 Å². The van der Waals surface area contributed by atoms with Gasteiger partial charge in [-0.15, -0.1) is 0 Å². The van der Waals surface area contributed by atoms with E-state index >= 15 is 0 Å². The largest absolute Gasteiger partial charge is 0.371 e. The topological polar surface area (TPSA) is 55.1 Å². The molecule has 1 aromatic rings. The first kappa shape index (κ1) is 12.0. The van der Waals surface area contributed by atoms with E-state index in [4.69, 9.17) is 5.73 Å². The highest BCUT2D eigenvalue weighted by Crippen LogP contribution is 2.43. The van der Waals surface area contributed by atoms with Crippen LogP contribution in [-0.4, -0.2) is 11.4 Å². The molecule has 1 fully saturated rings. The minimum atomic E-state index is -0.563. The van der Waals surface area contributed by atoms with Crippen molar-refractivity contribution in [2.45, 2.75) is 38.6 Å². The molecule has 0 heterocycles. The Morgan fingerprint density at radius 2 is 2.12 bits per heavy atom. The molecule has 1 aromatic carbocycles. The van der Waals surface area contributed by atoms with Gasteiger partial charge in [-0.2, -0.15) is 0 Å². The summed E-state index contributed by atoms with van der Waals surface area (Å²) < 4.78 is 0. The van der Waals surface area contributed by atoms with Gasteiger partial charge >= 0.3 is 0 Å². The predicted molar refractivity (Wildman–Crippen MR) is 69.7 cm³/mol. The van der Waals surface area contributed by atoms with E-state index in [2.05, 4.69) is 5.32 Å². The molecule has 1 atom stereocenters. The van der Waals surface area contributed by atoms with Crippen LogP contribution in [0.2, 0.25) is 0 Å². The van der Waals surface area contributed by atoms with Crippen molar-refractivity contribution in [3.05, 3.63) is 29.8 Å². The van der Waals surface area contributed by atoms with Gasteiger partial charge in [0.05, 0.1) is 0 Å². The van der Waals surface area contributed by atoms with E-state index in [0.717, 1.165) is 30.5 Å². The summed E-state index contributed by atoms with van der Waals surface area (Å²) in [5.41, 5.74) is 7.22. The minimum absolute atomic E-state index is 0.231. The lowest BCUT2D eigenvalue weighted by atomic mass is 9.88. The van der Waals surface area contributed by atoms with E-state index in [1.807, 2.05) is 38.1 Å². The molecular formula is C14H20N2O. The molecule has 1 aliphatic carbocycles. The van der Waals surface area contributed by atoms with Crippen molar-refractivity contribution in [2.24, 2.45) is 11.7 Å². The van der Waals surface area contributed by atoms with Crippen molar-refractivity contribution < 1.29 is 4.79 Å². The summed E-state index contributed by atoms with van der Waals surface area (Å²) in [7, 11) is 0. The fraction of sp³-hybridized carbons (Fsp3) is 0.500. The zero-order chi connectivity index (χ0) is 12.5. The smallest absolute Gasteiger partial charge is 0.243 e. The van der Waals surface area contributed by atoms with E-state index < -0.39 is 5.54 Å². The molecule has 3 nitrogen and oxygen atoms in total. The van der Waals surface area contributed by atoms with Gasteiger partial charge in [-0.1, -0.05) is 25.1 Å². The van der Waals surface area contributed by atoms with Crippen molar-refractivity contribution in [1.82, 2.24) is 0 Å². The molecule has 1 unspecified atom stereocenters. The second-order valence-corrected chi connectivity index (χ2v) is 4.90. The number of para-hydroxylation sites is 1. The first-order valence-electron chi connectivity index (χ1n) is 6.24. The molecule has 1 amide bonds. The molecule has 1 aliphatic rings. The number of benzene rings is 1. The number of nitrogens with two attached hydrogens (primary N) is 1. The van der Waals surface area contributed by atoms with Crippen LogP contribution < -0.4 is 11.1 Å². The van der Waals surface area contributed by atoms with Gasteiger partial charge in [-0.25, -0.2) is 0 Å². The standard InChI is InChI=1S/C14H20N2O/c1-3-14(13(15)17,11-8-9-11)16-12-7-5-4-6-10(12)2/h4-7,11,16H,3,8-9H2,1-2H3,(H2,15,17). The molecule has 0 aromatic heterocycles. The van der Waals surface area contributed by atoms with E-state index in [-0.39, 0.29) is 5.91 Å². The summed E-state index contributed by atoms with van der Waals surface area (Å²) in [6, 6.07) is 8.01. The SMILES string of the molecule is CCC(Nc1ccccc1C)(C(N)=O)C1CC1. The quantitative estimate of drug-likeness (QED) is 0.819. The van der Waals surface area contributed by atoms with Crippen LogP contribution in [0, 0.1) is 12.8 Å². The van der Waals surface area contributed by atoms with Crippen molar-refractivity contribution >= 4 is 11.6 Å². The third-order valence-corrected chi connectivity index (χ3v) is 3.77. The number of carbonyl (C=O) groups is 1. The summed E-state index contributed by atoms with van der Waals surface area (Å²) in [6.07, 6.45) is 2.92. The van der Waals surface area contributed by atoms with Crippen LogP contribution in [0.25, 0.3) is 0 Å². The molecule has 0 spiro atoms. The Labute approximate surface area is 102 Å². The van der Waals surface area contributed by atoms with E-state index in [1.54, 1.807) is 0 Å². The zero-order valence-corrected chi connectivity index (χ0v) is 10.5. The number of anilines is 1. The van der Waals surface area contributed by atoms with Gasteiger partial charge in [0, 0.05) is 5.69 Å². The molecule has 17 heavy (non-hydrogen) atoms. The number of hydrogen-bond donors (Lipinski definition) is 2. The molecular weight excluding hydrogens is 212 g/mol. The highest BCUT2D eigenvalue weighted by molar-refractivity contribution is 5.89. The maximum atomic E-state index is 11.8. The van der Waals surface area contributed by atoms with Crippen LogP contribution in [-0.2, 0) is 4.79 Å². The molecule has 0 bridgehead atoms. The molecule has 0 aliphatic heterocycles. The summed E-state index contributed by atoms with van der Waals surface area (Å²) in [5, 5.41) is 3.40. The lowest BCUT2D eigenvalue weighted by Gasteiger charge is -2.32. The van der Waals surface area contributed by atoms with Crippen LogP contribution in [0.3, 0.4) is 0 Å². The summed E-state index contributed by atoms with van der Waals surface area (Å²) in [5.74, 6) is 0.162. The molecule has 0 saturated heterocycles. The zero-order valence-electron chi connectivity index (χ0n) is 10.5. The van der Waals surface area contributed by atoms with Crippen LogP contribution in [0.15, 0.2) is 24.3 Å². The first-order valence-corrected chi connectivity index (χ1v) is 6.24. The van der Waals surface area contributed by atoms with E-state index in [9.17, 15) is 4.79 Å². The lowest BCUT2D eigenvalue weighted by Crippen LogP contribution is -2.52. The molecule has 3 N–H and O–H groups in total. The Morgan fingerprint density at radius 1 is 1.47 bits per heavy atom. The van der Waals surface area contributed by atoms with Crippen molar-refractivity contribution in [1.29, 1.82) is 0 Å². The monoisotopic (exact) mass is 232 g/mol. The third-order valence-electron chi connectivity index (χ3n) is 3.77. The first-order chi connectivity index (χ1) is 8.10. The average Bonchev–Trinajstić information content (AvgIpc) is 3.12. The summed E-state index contributed by atoms with van der Waals surface area (Å²) in [6.45, 7) is 4.06. The molecule has 3 heteroatoms. The second-order valence-electron chi connectivity index (χ2n) is 4.90. The van der Waals surface area contributed by atoms with Crippen LogP contribution in [0.5, 0.6) is 0 Å². The van der Waals surface area contributed by atoms with Crippen LogP contribution >= 0.6 is 0 Å². The Morgan fingerprint density at radius 3 is 2.59 bits per heavy atom. The Bertz CT molecular complexity index is 426. The summed E-state index contributed by atoms with van der Waals surface area (Å²) >= 11 is 0. The fourth-order valence-corrected chi connectivity index (χ4v) is 2.45. The van der Waals surface area contributed by atoms with Gasteiger partial charge in [0.2, 0.25) is 5.91 Å². The molecule has 2 rings (SSSR count). The highest BCUT2D eigenvalue weighted by atomic mass is 16.1. The summed E-state index contributed by atoms with van der Waals surface area (Å²) in [4.78, 5) is 11.8. The van der Waals surface area contributed by atoms with Crippen LogP contribution in [0.1, 0.15) is 31.7 Å². The number of rotatable bonds is 5. The highest BCUT2D eigenvalue weighted by Gasteiger charge is 2.48. The fourth-order valence-electron chi connectivity index (χ4n) is 2.45. The van der Waals surface area contributed by atoms with Crippen molar-refractivity contribution in [3.63, 3.8) is 0 Å². The number of hydrogen-bond acceptors (Lipinski definition) is 2. The minimum Gasteiger partial charge on any atom is -0.371 e. The number of carbonyl (C=O) groups excluding carboxylic acids is 1. The Hall–Kier alpha value is -1.51. The Kier molecular flexibility index (Phi) is 3.09. The average molecular weight is 232 g/mol. The third kappa shape index (κ3) is 2.14.